The molecule has 1 heterocycles. The fourth-order valence-corrected chi connectivity index (χ4v) is 3.64. The number of anilines is 2. The van der Waals surface area contributed by atoms with Gasteiger partial charge in [0.15, 0.2) is 6.61 Å². The van der Waals surface area contributed by atoms with E-state index in [0.29, 0.717) is 17.9 Å². The van der Waals surface area contributed by atoms with Gasteiger partial charge in [0.1, 0.15) is 0 Å². The number of benzene rings is 2. The first-order valence-corrected chi connectivity index (χ1v) is 10.9. The first-order chi connectivity index (χ1) is 15.8. The topological polar surface area (TPSA) is 102 Å². The number of aryl methyl sites for hydroxylation is 2. The maximum atomic E-state index is 12.4. The molecule has 1 fully saturated rings. The predicted molar refractivity (Wildman–Crippen MR) is 123 cm³/mol. The zero-order valence-corrected chi connectivity index (χ0v) is 19.1. The molecule has 2 aromatic carbocycles. The van der Waals surface area contributed by atoms with E-state index in [1.807, 2.05) is 39.0 Å². The summed E-state index contributed by atoms with van der Waals surface area (Å²) in [5, 5.41) is 2.61. The molecule has 1 atom stereocenters. The minimum absolute atomic E-state index is 0.0447. The van der Waals surface area contributed by atoms with Crippen molar-refractivity contribution in [3.8, 4) is 0 Å². The summed E-state index contributed by atoms with van der Waals surface area (Å²) in [6.45, 7) is 5.91. The van der Waals surface area contributed by atoms with Crippen molar-refractivity contribution >= 4 is 35.1 Å². The normalized spacial score (nSPS) is 15.3. The number of rotatable bonds is 8. The van der Waals surface area contributed by atoms with Gasteiger partial charge in [0, 0.05) is 24.3 Å². The SMILES string of the molecule is CCCOC(=O)c1ccc(NC(=O)COC(=O)[C@H]2CC(=O)N(c3cc(C)cc(C)c3)C2)cc1. The Morgan fingerprint density at radius 2 is 1.70 bits per heavy atom. The molecule has 2 amide bonds. The van der Waals surface area contributed by atoms with E-state index < -0.39 is 30.4 Å². The van der Waals surface area contributed by atoms with Gasteiger partial charge in [-0.3, -0.25) is 14.4 Å². The van der Waals surface area contributed by atoms with Crippen LogP contribution in [0.1, 0.15) is 41.3 Å². The lowest BCUT2D eigenvalue weighted by atomic mass is 10.1. The summed E-state index contributed by atoms with van der Waals surface area (Å²) in [7, 11) is 0. The Morgan fingerprint density at radius 1 is 1.03 bits per heavy atom. The number of hydrogen-bond acceptors (Lipinski definition) is 6. The highest BCUT2D eigenvalue weighted by Gasteiger charge is 2.36. The smallest absolute Gasteiger partial charge is 0.338 e. The van der Waals surface area contributed by atoms with E-state index >= 15 is 0 Å². The van der Waals surface area contributed by atoms with E-state index in [2.05, 4.69) is 5.32 Å². The Bertz CT molecular complexity index is 1030. The van der Waals surface area contributed by atoms with Crippen molar-refractivity contribution in [2.75, 3.05) is 30.0 Å². The van der Waals surface area contributed by atoms with Crippen LogP contribution in [0.4, 0.5) is 11.4 Å². The third-order valence-corrected chi connectivity index (χ3v) is 5.16. The highest BCUT2D eigenvalue weighted by atomic mass is 16.5. The van der Waals surface area contributed by atoms with E-state index in [4.69, 9.17) is 9.47 Å². The molecular weight excluding hydrogens is 424 g/mol. The molecule has 1 saturated heterocycles. The van der Waals surface area contributed by atoms with Crippen LogP contribution < -0.4 is 10.2 Å². The highest BCUT2D eigenvalue weighted by molar-refractivity contribution is 6.00. The van der Waals surface area contributed by atoms with Crippen LogP contribution in [0.2, 0.25) is 0 Å². The van der Waals surface area contributed by atoms with Crippen LogP contribution in [0, 0.1) is 19.8 Å². The zero-order chi connectivity index (χ0) is 24.0. The Balaban J connectivity index is 1.49. The van der Waals surface area contributed by atoms with Crippen LogP contribution in [0.3, 0.4) is 0 Å². The quantitative estimate of drug-likeness (QED) is 0.616. The van der Waals surface area contributed by atoms with E-state index in [9.17, 15) is 19.2 Å². The lowest BCUT2D eigenvalue weighted by molar-refractivity contribution is -0.151. The first kappa shape index (κ1) is 24.0. The van der Waals surface area contributed by atoms with Gasteiger partial charge >= 0.3 is 11.9 Å². The molecule has 2 aromatic rings. The van der Waals surface area contributed by atoms with E-state index in [0.717, 1.165) is 23.2 Å². The van der Waals surface area contributed by atoms with Crippen molar-refractivity contribution in [2.45, 2.75) is 33.6 Å². The Hall–Kier alpha value is -3.68. The van der Waals surface area contributed by atoms with Crippen molar-refractivity contribution in [2.24, 2.45) is 5.92 Å². The van der Waals surface area contributed by atoms with Gasteiger partial charge in [-0.2, -0.15) is 0 Å². The molecule has 1 aliphatic rings. The summed E-state index contributed by atoms with van der Waals surface area (Å²) in [6.07, 6.45) is 0.778. The second-order valence-corrected chi connectivity index (χ2v) is 8.12. The molecule has 1 N–H and O–H groups in total. The van der Waals surface area contributed by atoms with Crippen LogP contribution in [0.25, 0.3) is 0 Å². The van der Waals surface area contributed by atoms with E-state index in [1.165, 1.54) is 0 Å². The number of ether oxygens (including phenoxy) is 2. The molecule has 8 nitrogen and oxygen atoms in total. The third kappa shape index (κ3) is 6.41. The molecule has 8 heteroatoms. The molecule has 33 heavy (non-hydrogen) atoms. The molecule has 0 aliphatic carbocycles. The second-order valence-electron chi connectivity index (χ2n) is 8.12. The lowest BCUT2D eigenvalue weighted by Gasteiger charge is -2.18. The molecule has 3 rings (SSSR count). The highest BCUT2D eigenvalue weighted by Crippen LogP contribution is 2.27. The monoisotopic (exact) mass is 452 g/mol. The number of nitrogens with one attached hydrogen (secondary N) is 1. The van der Waals surface area contributed by atoms with Gasteiger partial charge in [0.25, 0.3) is 5.91 Å². The summed E-state index contributed by atoms with van der Waals surface area (Å²) in [6, 6.07) is 12.1. The number of amides is 2. The summed E-state index contributed by atoms with van der Waals surface area (Å²) >= 11 is 0. The van der Waals surface area contributed by atoms with Gasteiger partial charge in [-0.25, -0.2) is 4.79 Å². The fraction of sp³-hybridized carbons (Fsp3) is 0.360. The Morgan fingerprint density at radius 3 is 2.33 bits per heavy atom. The number of carbonyl (C=O) groups is 4. The molecular formula is C25H28N2O6. The maximum absolute atomic E-state index is 12.4. The molecule has 0 saturated carbocycles. The Kier molecular flexibility index (Phi) is 7.82. The van der Waals surface area contributed by atoms with E-state index in [1.54, 1.807) is 29.2 Å². The maximum Gasteiger partial charge on any atom is 0.338 e. The average molecular weight is 453 g/mol. The molecule has 0 aromatic heterocycles. The minimum atomic E-state index is -0.625. The largest absolute Gasteiger partial charge is 0.462 e. The van der Waals surface area contributed by atoms with Crippen molar-refractivity contribution in [3.63, 3.8) is 0 Å². The summed E-state index contributed by atoms with van der Waals surface area (Å²) < 4.78 is 10.2. The third-order valence-electron chi connectivity index (χ3n) is 5.16. The zero-order valence-electron chi connectivity index (χ0n) is 19.1. The van der Waals surface area contributed by atoms with E-state index in [-0.39, 0.29) is 18.9 Å². The number of carbonyl (C=O) groups excluding carboxylic acids is 4. The fourth-order valence-electron chi connectivity index (χ4n) is 3.64. The first-order valence-electron chi connectivity index (χ1n) is 10.9. The average Bonchev–Trinajstić information content (AvgIpc) is 3.17. The molecule has 1 aliphatic heterocycles. The van der Waals surface area contributed by atoms with Crippen LogP contribution in [-0.2, 0) is 23.9 Å². The molecule has 0 radical (unpaired) electrons. The van der Waals surface area contributed by atoms with Crippen molar-refractivity contribution in [1.82, 2.24) is 0 Å². The van der Waals surface area contributed by atoms with Crippen LogP contribution in [-0.4, -0.2) is 43.5 Å². The van der Waals surface area contributed by atoms with Crippen LogP contribution in [0.15, 0.2) is 42.5 Å². The summed E-state index contributed by atoms with van der Waals surface area (Å²) in [5.41, 5.74) is 3.66. The number of esters is 2. The van der Waals surface area contributed by atoms with Gasteiger partial charge in [-0.1, -0.05) is 13.0 Å². The lowest BCUT2D eigenvalue weighted by Crippen LogP contribution is -2.28. The van der Waals surface area contributed by atoms with Gasteiger partial charge in [0.05, 0.1) is 18.1 Å². The van der Waals surface area contributed by atoms with Crippen LogP contribution >= 0.6 is 0 Å². The summed E-state index contributed by atoms with van der Waals surface area (Å²) in [5.74, 6) is -2.30. The molecule has 0 spiro atoms. The molecule has 0 unspecified atom stereocenters. The van der Waals surface area contributed by atoms with Crippen LogP contribution in [0.5, 0.6) is 0 Å². The molecule has 0 bridgehead atoms. The second kappa shape index (κ2) is 10.8. The Labute approximate surface area is 192 Å². The number of nitrogens with zero attached hydrogens (tertiary/aromatic N) is 1. The van der Waals surface area contributed by atoms with Crippen molar-refractivity contribution in [1.29, 1.82) is 0 Å². The molecule has 174 valence electrons. The summed E-state index contributed by atoms with van der Waals surface area (Å²) in [4.78, 5) is 50.4. The van der Waals surface area contributed by atoms with Gasteiger partial charge < -0.3 is 19.7 Å². The van der Waals surface area contributed by atoms with Crippen molar-refractivity contribution in [3.05, 3.63) is 59.2 Å². The standard InChI is InChI=1S/C25H28N2O6/c1-4-9-32-24(30)18-5-7-20(8-6-18)26-22(28)15-33-25(31)19-13-23(29)27(14-19)21-11-16(2)10-17(3)12-21/h5-8,10-12,19H,4,9,13-15H2,1-3H3,(H,26,28)/t19-/m0/s1. The number of hydrogen-bond donors (Lipinski definition) is 1. The predicted octanol–water partition coefficient (Wildman–Crippen LogP) is 3.41. The van der Waals surface area contributed by atoms with Gasteiger partial charge in [-0.15, -0.1) is 0 Å². The van der Waals surface area contributed by atoms with Gasteiger partial charge in [0.2, 0.25) is 5.91 Å². The van der Waals surface area contributed by atoms with Gasteiger partial charge in [-0.05, 0) is 67.8 Å². The minimum Gasteiger partial charge on any atom is -0.462 e. The van der Waals surface area contributed by atoms with Crippen molar-refractivity contribution < 1.29 is 28.7 Å².